The minimum Gasteiger partial charge on any atom is -0.399 e. The molecule has 6 aromatic rings. The van der Waals surface area contributed by atoms with Crippen molar-refractivity contribution in [1.82, 2.24) is 9.80 Å². The summed E-state index contributed by atoms with van der Waals surface area (Å²) in [5, 5.41) is 8.53. The standard InChI is InChI=1S/C33H35F4N3O2.C28H27F4N3O2.CHCl3.CH4/c1-20-12-15-25(19-27(20)33(35,36)37)39-31(41)26-10-6-18-40(32(42)29-21(2)7-5-11-28(29)34)30(26)22-13-16-24(17-14-22)38-23-8-3-4-9-23;1-16-8-13-20(15-22(16)28(30,31)32)34-26(36)21-6-4-14-35(25(21)18-9-11-19(33)12-10-18)27(37)24-17(2)5-3-7-23(24)29;2-1(3)4;/h5,7,11-17,19,23,26,30,38H,3-4,6,8-10,18H2,1-2H3,(H,39,41);3,5,7-13,15,21,25H,4,6,14,33H2,1-2H3,(H,34,36);1H;1H4/t26-,30-;21-,25-;;/m00../s1/i23D;;1D;. The number of carbonyl (C=O) groups excluding carboxylic acids is 4. The number of hydrogen-bond donors (Lipinski definition) is 4. The molecule has 1 saturated carbocycles. The molecule has 0 unspecified atom stereocenters. The van der Waals surface area contributed by atoms with Gasteiger partial charge in [0.2, 0.25) is 11.8 Å². The monoisotopic (exact) mass is 1230 g/mol. The summed E-state index contributed by atoms with van der Waals surface area (Å²) < 4.78 is 124. The Morgan fingerprint density at radius 2 is 0.929 bits per heavy atom. The maximum atomic E-state index is 14.9. The molecule has 3 aliphatic rings. The number of piperidine rings is 2. The molecular formula is C63H67Cl3F8N6O4. The van der Waals surface area contributed by atoms with E-state index in [-0.39, 0.29) is 54.1 Å². The number of nitrogen functional groups attached to an aromatic ring is 1. The molecule has 0 bridgehead atoms. The molecule has 0 radical (unpaired) electrons. The van der Waals surface area contributed by atoms with Crippen molar-refractivity contribution in [2.75, 3.05) is 34.8 Å². The van der Waals surface area contributed by atoms with Crippen LogP contribution in [-0.4, -0.2) is 56.8 Å². The second-order valence-electron chi connectivity index (χ2n) is 20.7. The molecule has 9 rings (SSSR count). The molecule has 0 aromatic heterocycles. The van der Waals surface area contributed by atoms with Crippen molar-refractivity contribution in [3.63, 3.8) is 0 Å². The number of aryl methyl sites for hydroxylation is 4. The Balaban J connectivity index is 0.000000255. The number of carbonyl (C=O) groups is 4. The van der Waals surface area contributed by atoms with Gasteiger partial charge in [-0.3, -0.25) is 19.2 Å². The van der Waals surface area contributed by atoms with Gasteiger partial charge >= 0.3 is 12.4 Å². The van der Waals surface area contributed by atoms with Crippen LogP contribution in [0.3, 0.4) is 0 Å². The van der Waals surface area contributed by atoms with Crippen molar-refractivity contribution >= 4 is 81.2 Å². The van der Waals surface area contributed by atoms with Crippen LogP contribution < -0.4 is 21.7 Å². The van der Waals surface area contributed by atoms with Gasteiger partial charge in [-0.1, -0.05) is 116 Å². The number of halogens is 11. The van der Waals surface area contributed by atoms with E-state index >= 15 is 0 Å². The number of benzene rings is 6. The van der Waals surface area contributed by atoms with E-state index in [0.717, 1.165) is 43.5 Å². The van der Waals surface area contributed by atoms with E-state index in [4.69, 9.17) is 43.3 Å². The van der Waals surface area contributed by atoms with Crippen LogP contribution in [0.15, 0.2) is 121 Å². The largest absolute Gasteiger partial charge is 0.416 e. The molecule has 1 aliphatic carbocycles. The number of alkyl halides is 9. The van der Waals surface area contributed by atoms with Crippen LogP contribution >= 0.6 is 34.8 Å². The molecule has 21 heteroatoms. The van der Waals surface area contributed by atoms with Gasteiger partial charge in [0.15, 0.2) is 4.27 Å². The summed E-state index contributed by atoms with van der Waals surface area (Å²) in [7, 11) is 0. The van der Waals surface area contributed by atoms with Crippen molar-refractivity contribution in [3.8, 4) is 0 Å². The molecule has 3 fully saturated rings. The second kappa shape index (κ2) is 28.8. The first kappa shape index (κ1) is 63.1. The van der Waals surface area contributed by atoms with Gasteiger partial charge in [0, 0.05) is 41.9 Å². The van der Waals surface area contributed by atoms with E-state index in [9.17, 15) is 54.3 Å². The highest BCUT2D eigenvalue weighted by Crippen LogP contribution is 2.42. The van der Waals surface area contributed by atoms with E-state index in [1.807, 2.05) is 0 Å². The fourth-order valence-electron chi connectivity index (χ4n) is 11.0. The number of amides is 4. The van der Waals surface area contributed by atoms with Crippen LogP contribution in [-0.2, 0) is 21.9 Å². The van der Waals surface area contributed by atoms with Gasteiger partial charge < -0.3 is 31.5 Å². The topological polar surface area (TPSA) is 137 Å². The van der Waals surface area contributed by atoms with Gasteiger partial charge in [-0.2, -0.15) is 26.3 Å². The lowest BCUT2D eigenvalue weighted by atomic mass is 9.83. The lowest BCUT2D eigenvalue weighted by Crippen LogP contribution is -2.46. The third-order valence-electron chi connectivity index (χ3n) is 15.0. The van der Waals surface area contributed by atoms with Crippen LogP contribution in [0.2, 0.25) is 0 Å². The summed E-state index contributed by atoms with van der Waals surface area (Å²) >= 11 is 14.2. The van der Waals surface area contributed by atoms with Crippen LogP contribution in [0, 0.1) is 51.2 Å². The number of rotatable bonds is 10. The zero-order valence-electron chi connectivity index (χ0n) is 47.7. The van der Waals surface area contributed by atoms with Gasteiger partial charge in [0.1, 0.15) is 11.6 Å². The average Bonchev–Trinajstić information content (AvgIpc) is 1.34. The van der Waals surface area contributed by atoms with E-state index in [1.54, 1.807) is 74.5 Å². The van der Waals surface area contributed by atoms with Gasteiger partial charge in [0.25, 0.3) is 11.8 Å². The lowest BCUT2D eigenvalue weighted by molar-refractivity contribution is -0.138. The van der Waals surface area contributed by atoms with E-state index in [1.165, 1.54) is 72.2 Å². The minimum absolute atomic E-state index is 0. The average molecular weight is 1230 g/mol. The lowest BCUT2D eigenvalue weighted by Gasteiger charge is -2.41. The van der Waals surface area contributed by atoms with Crippen LogP contribution in [0.25, 0.3) is 0 Å². The fraction of sp³-hybridized carbons (Fsp3) is 0.365. The Morgan fingerprint density at radius 3 is 1.30 bits per heavy atom. The van der Waals surface area contributed by atoms with Crippen molar-refractivity contribution in [1.29, 1.82) is 0 Å². The molecule has 2 heterocycles. The zero-order valence-corrected chi connectivity index (χ0v) is 48.0. The summed E-state index contributed by atoms with van der Waals surface area (Å²) in [6.07, 6.45) is -4.03. The Morgan fingerprint density at radius 1 is 0.560 bits per heavy atom. The first-order valence-electron chi connectivity index (χ1n) is 27.7. The van der Waals surface area contributed by atoms with Gasteiger partial charge in [-0.25, -0.2) is 8.78 Å². The van der Waals surface area contributed by atoms with Crippen molar-refractivity contribution in [2.24, 2.45) is 11.8 Å². The maximum absolute atomic E-state index is 14.9. The summed E-state index contributed by atoms with van der Waals surface area (Å²) in [5.74, 6) is -5.07. The summed E-state index contributed by atoms with van der Waals surface area (Å²) in [6, 6.07) is 27.6. The highest BCUT2D eigenvalue weighted by atomic mass is 35.6. The molecule has 0 spiro atoms. The van der Waals surface area contributed by atoms with E-state index in [0.29, 0.717) is 53.6 Å². The van der Waals surface area contributed by atoms with Crippen LogP contribution in [0.4, 0.5) is 57.9 Å². The van der Waals surface area contributed by atoms with Crippen molar-refractivity contribution in [3.05, 3.63) is 189 Å². The number of nitrogens with one attached hydrogen (secondary N) is 3. The number of hydrogen-bond acceptors (Lipinski definition) is 6. The third kappa shape index (κ3) is 16.5. The molecule has 6 aromatic carbocycles. The third-order valence-corrected chi connectivity index (χ3v) is 15.0. The van der Waals surface area contributed by atoms with Crippen LogP contribution in [0.1, 0.15) is 139 Å². The maximum Gasteiger partial charge on any atom is 0.416 e. The molecular weight excluding hydrogens is 1160 g/mol. The highest BCUT2D eigenvalue weighted by molar-refractivity contribution is 6.63. The molecule has 5 N–H and O–H groups in total. The number of likely N-dealkylation sites (tertiary alicyclic amines) is 2. The van der Waals surface area contributed by atoms with Gasteiger partial charge in [-0.05, 0) is 160 Å². The summed E-state index contributed by atoms with van der Waals surface area (Å²) in [5.41, 5.74) is 7.53. The Bertz CT molecular complexity index is 3340. The first-order chi connectivity index (χ1) is 39.8. The van der Waals surface area contributed by atoms with Crippen LogP contribution in [0.5, 0.6) is 0 Å². The smallest absolute Gasteiger partial charge is 0.399 e. The molecule has 2 aliphatic heterocycles. The van der Waals surface area contributed by atoms with Crippen molar-refractivity contribution in [2.45, 2.75) is 121 Å². The minimum atomic E-state index is -4.58. The Hall–Kier alpha value is -6.89. The fourth-order valence-corrected chi connectivity index (χ4v) is 11.0. The zero-order chi connectivity index (χ0) is 62.3. The molecule has 4 atom stereocenters. The van der Waals surface area contributed by atoms with E-state index < -0.39 is 93.0 Å². The van der Waals surface area contributed by atoms with E-state index in [2.05, 4.69) is 16.0 Å². The summed E-state index contributed by atoms with van der Waals surface area (Å²) in [6.45, 7) is 6.55. The normalized spacial score (nSPS) is 18.9. The second-order valence-corrected chi connectivity index (χ2v) is 22.4. The quantitative estimate of drug-likeness (QED) is 0.0613. The number of nitrogens with zero attached hydrogens (tertiary/aromatic N) is 2. The Kier molecular flexibility index (Phi) is 21.6. The molecule has 450 valence electrons. The Labute approximate surface area is 502 Å². The van der Waals surface area contributed by atoms with Gasteiger partial charge in [0.05, 0.1) is 48.9 Å². The van der Waals surface area contributed by atoms with Crippen molar-refractivity contribution < 1.29 is 57.0 Å². The number of anilines is 4. The SMILES string of the molecule is C.Cc1ccc(NC(=O)[C@H]2CCCN(C(=O)c3c(C)cccc3F)[C@H]2c2ccc(N)cc2)cc1C(F)(F)F.[2H]C(Cl)(Cl)Cl.[2H]C1(Nc2ccc([C@H]3[C@@H](C(=O)Nc4ccc(C)c(C(F)(F)F)c4)CCCN3C(=O)c3c(C)cccc3F)cc2)CCCC1. The molecule has 84 heavy (non-hydrogen) atoms. The predicted octanol–water partition coefficient (Wildman–Crippen LogP) is 16.9. The number of nitrogens with two attached hydrogens (primary N) is 1. The molecule has 2 saturated heterocycles. The highest BCUT2D eigenvalue weighted by Gasteiger charge is 2.43. The predicted molar refractivity (Wildman–Crippen MR) is 316 cm³/mol. The molecule has 10 nitrogen and oxygen atoms in total. The first-order valence-corrected chi connectivity index (χ1v) is 27.9. The van der Waals surface area contributed by atoms with Gasteiger partial charge in [-0.15, -0.1) is 0 Å². The molecule has 4 amide bonds. The summed E-state index contributed by atoms with van der Waals surface area (Å²) in [4.78, 5) is 57.7.